The molecular formula is C22H33ClN4O. The summed E-state index contributed by atoms with van der Waals surface area (Å²) in [6.07, 6.45) is 11.5. The zero-order chi connectivity index (χ0) is 19.5. The van der Waals surface area contributed by atoms with Gasteiger partial charge in [0, 0.05) is 43.2 Å². The molecule has 1 aromatic rings. The van der Waals surface area contributed by atoms with Crippen LogP contribution in [0.3, 0.4) is 0 Å². The number of fused-ring (bicyclic) bond motifs is 1. The first kappa shape index (κ1) is 19.9. The van der Waals surface area contributed by atoms with E-state index in [0.29, 0.717) is 12.3 Å². The molecule has 154 valence electrons. The Balaban J connectivity index is 1.59. The highest BCUT2D eigenvalue weighted by Gasteiger charge is 2.33. The molecule has 2 aliphatic heterocycles. The van der Waals surface area contributed by atoms with Crippen LogP contribution in [-0.4, -0.2) is 46.3 Å². The molecule has 0 bridgehead atoms. The minimum absolute atomic E-state index is 0.0122. The minimum atomic E-state index is 0.0122. The van der Waals surface area contributed by atoms with Crippen molar-refractivity contribution < 1.29 is 4.79 Å². The predicted octanol–water partition coefficient (Wildman–Crippen LogP) is 4.41. The van der Waals surface area contributed by atoms with Crippen LogP contribution in [0.2, 0.25) is 0 Å². The first-order chi connectivity index (χ1) is 13.7. The van der Waals surface area contributed by atoms with Crippen molar-refractivity contribution in [1.29, 1.82) is 0 Å². The topological polar surface area (TPSA) is 49.3 Å². The van der Waals surface area contributed by atoms with Crippen molar-refractivity contribution in [2.75, 3.05) is 30.4 Å². The van der Waals surface area contributed by atoms with Crippen LogP contribution in [0.4, 0.5) is 5.82 Å². The van der Waals surface area contributed by atoms with E-state index in [1.807, 2.05) is 4.90 Å². The van der Waals surface area contributed by atoms with Gasteiger partial charge in [0.15, 0.2) is 5.82 Å². The highest BCUT2D eigenvalue weighted by Crippen LogP contribution is 2.35. The number of rotatable bonds is 5. The van der Waals surface area contributed by atoms with Gasteiger partial charge in [-0.25, -0.2) is 9.97 Å². The quantitative estimate of drug-likeness (QED) is 0.682. The van der Waals surface area contributed by atoms with E-state index in [0.717, 1.165) is 62.2 Å². The van der Waals surface area contributed by atoms with Crippen molar-refractivity contribution in [2.45, 2.75) is 77.2 Å². The third-order valence-corrected chi connectivity index (χ3v) is 6.94. The summed E-state index contributed by atoms with van der Waals surface area (Å²) in [6, 6.07) is 0.0122. The summed E-state index contributed by atoms with van der Waals surface area (Å²) in [5, 5.41) is 0. The first-order valence-corrected chi connectivity index (χ1v) is 11.7. The van der Waals surface area contributed by atoms with Gasteiger partial charge in [-0.3, -0.25) is 4.79 Å². The zero-order valence-electron chi connectivity index (χ0n) is 17.1. The van der Waals surface area contributed by atoms with E-state index in [1.54, 1.807) is 0 Å². The van der Waals surface area contributed by atoms with Crippen molar-refractivity contribution >= 4 is 23.3 Å². The fraction of sp³-hybridized carbons (Fsp3) is 0.773. The molecule has 1 aliphatic carbocycles. The molecule has 0 aromatic carbocycles. The Labute approximate surface area is 173 Å². The lowest BCUT2D eigenvalue weighted by Crippen LogP contribution is -2.37. The highest BCUT2D eigenvalue weighted by atomic mass is 35.5. The standard InChI is InChI=1S/C22H33ClN4O/c1-16-18-9-5-13-26(15-17-7-3-2-4-8-17)22(18)25-21(24-16)19-10-6-14-27(19)20(28)11-12-23/h17,19H,2-15H2,1H3. The molecule has 1 saturated carbocycles. The molecule has 0 N–H and O–H groups in total. The number of carbonyl (C=O) groups is 1. The molecule has 0 spiro atoms. The van der Waals surface area contributed by atoms with Crippen LogP contribution in [-0.2, 0) is 11.2 Å². The Kier molecular flexibility index (Phi) is 6.39. The maximum atomic E-state index is 12.5. The molecule has 6 heteroatoms. The fourth-order valence-corrected chi connectivity index (χ4v) is 5.44. The van der Waals surface area contributed by atoms with Crippen LogP contribution in [0.1, 0.15) is 80.9 Å². The first-order valence-electron chi connectivity index (χ1n) is 11.1. The number of nitrogens with zero attached hydrogens (tertiary/aromatic N) is 4. The van der Waals surface area contributed by atoms with Crippen molar-refractivity contribution in [3.05, 3.63) is 17.1 Å². The number of likely N-dealkylation sites (tertiary alicyclic amines) is 1. The molecule has 3 aliphatic rings. The third-order valence-electron chi connectivity index (χ3n) is 6.75. The van der Waals surface area contributed by atoms with Gasteiger partial charge in [-0.05, 0) is 51.4 Å². The van der Waals surface area contributed by atoms with Crippen LogP contribution < -0.4 is 4.90 Å². The Morgan fingerprint density at radius 3 is 2.68 bits per heavy atom. The lowest BCUT2D eigenvalue weighted by atomic mass is 9.88. The zero-order valence-corrected chi connectivity index (χ0v) is 17.9. The van der Waals surface area contributed by atoms with Crippen LogP contribution >= 0.6 is 11.6 Å². The lowest BCUT2D eigenvalue weighted by Gasteiger charge is -2.35. The number of alkyl halides is 1. The number of hydrogen-bond donors (Lipinski definition) is 0. The summed E-state index contributed by atoms with van der Waals surface area (Å²) >= 11 is 5.81. The molecule has 1 unspecified atom stereocenters. The third kappa shape index (κ3) is 4.14. The molecular weight excluding hydrogens is 372 g/mol. The Bertz CT molecular complexity index is 704. The monoisotopic (exact) mass is 404 g/mol. The lowest BCUT2D eigenvalue weighted by molar-refractivity contribution is -0.131. The van der Waals surface area contributed by atoms with Gasteiger partial charge < -0.3 is 9.80 Å². The van der Waals surface area contributed by atoms with E-state index in [-0.39, 0.29) is 11.9 Å². The molecule has 3 heterocycles. The largest absolute Gasteiger partial charge is 0.356 e. The number of aryl methyl sites for hydroxylation is 1. The van der Waals surface area contributed by atoms with Gasteiger partial charge in [0.1, 0.15) is 5.82 Å². The van der Waals surface area contributed by atoms with Gasteiger partial charge in [0.25, 0.3) is 0 Å². The summed E-state index contributed by atoms with van der Waals surface area (Å²) in [7, 11) is 0. The molecule has 5 nitrogen and oxygen atoms in total. The number of amides is 1. The van der Waals surface area contributed by atoms with E-state index in [9.17, 15) is 4.79 Å². The highest BCUT2D eigenvalue weighted by molar-refractivity contribution is 6.18. The van der Waals surface area contributed by atoms with Gasteiger partial charge in [-0.1, -0.05) is 19.3 Å². The Morgan fingerprint density at radius 2 is 1.89 bits per heavy atom. The van der Waals surface area contributed by atoms with E-state index in [2.05, 4.69) is 11.8 Å². The smallest absolute Gasteiger partial charge is 0.224 e. The van der Waals surface area contributed by atoms with E-state index >= 15 is 0 Å². The number of aromatic nitrogens is 2. The predicted molar refractivity (Wildman–Crippen MR) is 113 cm³/mol. The van der Waals surface area contributed by atoms with E-state index in [1.165, 1.54) is 44.1 Å². The van der Waals surface area contributed by atoms with Crippen LogP contribution in [0.5, 0.6) is 0 Å². The average molecular weight is 405 g/mol. The molecule has 1 saturated heterocycles. The minimum Gasteiger partial charge on any atom is -0.356 e. The maximum Gasteiger partial charge on any atom is 0.224 e. The van der Waals surface area contributed by atoms with Crippen LogP contribution in [0, 0.1) is 12.8 Å². The SMILES string of the molecule is Cc1nc(C2CCCN2C(=O)CCCl)nc2c1CCCN2CC1CCCCC1. The van der Waals surface area contributed by atoms with Crippen LogP contribution in [0.25, 0.3) is 0 Å². The van der Waals surface area contributed by atoms with Crippen LogP contribution in [0.15, 0.2) is 0 Å². The second-order valence-electron chi connectivity index (χ2n) is 8.71. The van der Waals surface area contributed by atoms with Crippen molar-refractivity contribution in [2.24, 2.45) is 5.92 Å². The summed E-state index contributed by atoms with van der Waals surface area (Å²) in [5.41, 5.74) is 2.42. The molecule has 1 amide bonds. The van der Waals surface area contributed by atoms with Gasteiger partial charge in [0.05, 0.1) is 6.04 Å². The number of anilines is 1. The second-order valence-corrected chi connectivity index (χ2v) is 9.09. The van der Waals surface area contributed by atoms with Gasteiger partial charge in [-0.2, -0.15) is 0 Å². The molecule has 28 heavy (non-hydrogen) atoms. The summed E-state index contributed by atoms with van der Waals surface area (Å²) < 4.78 is 0. The Hall–Kier alpha value is -1.36. The molecule has 1 aromatic heterocycles. The Morgan fingerprint density at radius 1 is 1.07 bits per heavy atom. The second kappa shape index (κ2) is 8.98. The number of carbonyl (C=O) groups excluding carboxylic acids is 1. The average Bonchev–Trinajstić information content (AvgIpc) is 3.19. The van der Waals surface area contributed by atoms with Gasteiger partial charge >= 0.3 is 0 Å². The summed E-state index contributed by atoms with van der Waals surface area (Å²) in [4.78, 5) is 26.9. The summed E-state index contributed by atoms with van der Waals surface area (Å²) in [6.45, 7) is 5.14. The number of hydrogen-bond acceptors (Lipinski definition) is 4. The van der Waals surface area contributed by atoms with Gasteiger partial charge in [-0.15, -0.1) is 11.6 Å². The molecule has 4 rings (SSSR count). The van der Waals surface area contributed by atoms with Gasteiger partial charge in [0.2, 0.25) is 5.91 Å². The molecule has 2 fully saturated rings. The van der Waals surface area contributed by atoms with Crippen molar-refractivity contribution in [1.82, 2.24) is 14.9 Å². The molecule has 0 radical (unpaired) electrons. The van der Waals surface area contributed by atoms with Crippen molar-refractivity contribution in [3.63, 3.8) is 0 Å². The van der Waals surface area contributed by atoms with E-state index < -0.39 is 0 Å². The fourth-order valence-electron chi connectivity index (χ4n) is 5.28. The van der Waals surface area contributed by atoms with Crippen molar-refractivity contribution in [3.8, 4) is 0 Å². The number of halogens is 1. The molecule has 1 atom stereocenters. The van der Waals surface area contributed by atoms with E-state index in [4.69, 9.17) is 21.6 Å². The summed E-state index contributed by atoms with van der Waals surface area (Å²) in [5.74, 6) is 3.30. The maximum absolute atomic E-state index is 12.5. The normalized spacial score (nSPS) is 23.1.